The number of aliphatic hydroxyl groups is 1. The fourth-order valence-electron chi connectivity index (χ4n) is 4.20. The summed E-state index contributed by atoms with van der Waals surface area (Å²) in [7, 11) is 0. The minimum atomic E-state index is 0.350. The molecule has 0 saturated carbocycles. The van der Waals surface area contributed by atoms with E-state index < -0.39 is 0 Å². The van der Waals surface area contributed by atoms with E-state index in [1.807, 2.05) is 0 Å². The molecule has 0 amide bonds. The van der Waals surface area contributed by atoms with Crippen molar-refractivity contribution in [3.63, 3.8) is 0 Å². The van der Waals surface area contributed by atoms with Crippen LogP contribution in [0.25, 0.3) is 0 Å². The van der Waals surface area contributed by atoms with Gasteiger partial charge in [0.1, 0.15) is 0 Å². The number of benzene rings is 1. The molecule has 0 unspecified atom stereocenters. The third kappa shape index (κ3) is 5.44. The molecule has 4 heteroatoms. The van der Waals surface area contributed by atoms with E-state index in [0.717, 1.165) is 32.5 Å². The van der Waals surface area contributed by atoms with Crippen molar-refractivity contribution in [1.29, 1.82) is 0 Å². The Kier molecular flexibility index (Phi) is 7.14. The fourth-order valence-corrected chi connectivity index (χ4v) is 4.20. The molecule has 0 spiro atoms. The Bertz CT molecular complexity index is 506. The van der Waals surface area contributed by atoms with E-state index in [2.05, 4.69) is 46.3 Å². The number of likely N-dealkylation sites (tertiary alicyclic amines) is 2. The van der Waals surface area contributed by atoms with Crippen LogP contribution in [0.5, 0.6) is 0 Å². The number of nitrogens with zero attached hydrogens (tertiary/aromatic N) is 2. The van der Waals surface area contributed by atoms with E-state index >= 15 is 0 Å². The highest BCUT2D eigenvalue weighted by Crippen LogP contribution is 2.24. The Labute approximate surface area is 153 Å². The zero-order valence-electron chi connectivity index (χ0n) is 15.8. The summed E-state index contributed by atoms with van der Waals surface area (Å²) in [4.78, 5) is 5.13. The quantitative estimate of drug-likeness (QED) is 0.796. The first-order chi connectivity index (χ1) is 12.3. The van der Waals surface area contributed by atoms with Gasteiger partial charge in [-0.05, 0) is 69.3 Å². The number of nitrogens with one attached hydrogen (secondary N) is 1. The molecule has 3 rings (SSSR count). The molecule has 2 fully saturated rings. The Morgan fingerprint density at radius 2 is 1.68 bits per heavy atom. The van der Waals surface area contributed by atoms with E-state index in [9.17, 15) is 5.11 Å². The lowest BCUT2D eigenvalue weighted by Gasteiger charge is -2.34. The van der Waals surface area contributed by atoms with Crippen LogP contribution in [-0.4, -0.2) is 60.3 Å². The zero-order chi connectivity index (χ0) is 17.5. The predicted molar refractivity (Wildman–Crippen MR) is 105 cm³/mol. The number of anilines is 1. The zero-order valence-corrected chi connectivity index (χ0v) is 15.8. The normalized spacial score (nSPS) is 21.5. The van der Waals surface area contributed by atoms with Gasteiger partial charge in [0.05, 0.1) is 0 Å². The maximum absolute atomic E-state index is 9.31. The highest BCUT2D eigenvalue weighted by Gasteiger charge is 2.21. The van der Waals surface area contributed by atoms with E-state index in [0.29, 0.717) is 18.6 Å². The van der Waals surface area contributed by atoms with Gasteiger partial charge in [-0.1, -0.05) is 25.1 Å². The standard InChI is InChI=1S/C21H35N3O/c1-2-11-23-14-9-20(10-15-23)22-21-6-4-3-5-19(21)16-24-12-7-18(17-25)8-13-24/h3-6,18,20,22,25H,2,7-17H2,1H3. The van der Waals surface area contributed by atoms with E-state index in [-0.39, 0.29) is 0 Å². The summed E-state index contributed by atoms with van der Waals surface area (Å²) in [6.07, 6.45) is 6.00. The summed E-state index contributed by atoms with van der Waals surface area (Å²) in [5.74, 6) is 0.512. The molecule has 0 aromatic heterocycles. The van der Waals surface area contributed by atoms with E-state index in [1.165, 1.54) is 50.1 Å². The number of aliphatic hydroxyl groups excluding tert-OH is 1. The third-order valence-corrected chi connectivity index (χ3v) is 5.86. The summed E-state index contributed by atoms with van der Waals surface area (Å²) < 4.78 is 0. The Balaban J connectivity index is 1.53. The van der Waals surface area contributed by atoms with Gasteiger partial charge in [0.25, 0.3) is 0 Å². The molecular formula is C21H35N3O. The number of hydrogen-bond donors (Lipinski definition) is 2. The molecule has 140 valence electrons. The molecule has 2 saturated heterocycles. The summed E-state index contributed by atoms with van der Waals surface area (Å²) >= 11 is 0. The predicted octanol–water partition coefficient (Wildman–Crippen LogP) is 3.18. The second-order valence-electron chi connectivity index (χ2n) is 7.82. The van der Waals surface area contributed by atoms with Gasteiger partial charge in [-0.15, -0.1) is 0 Å². The molecular weight excluding hydrogens is 310 g/mol. The highest BCUT2D eigenvalue weighted by atomic mass is 16.3. The molecule has 2 aliphatic heterocycles. The first kappa shape index (κ1) is 18.7. The monoisotopic (exact) mass is 345 g/mol. The maximum Gasteiger partial charge on any atom is 0.0460 e. The van der Waals surface area contributed by atoms with Crippen molar-refractivity contribution in [1.82, 2.24) is 9.80 Å². The number of piperidine rings is 2. The number of para-hydroxylation sites is 1. The van der Waals surface area contributed by atoms with Gasteiger partial charge < -0.3 is 15.3 Å². The summed E-state index contributed by atoms with van der Waals surface area (Å²) in [5, 5.41) is 13.1. The van der Waals surface area contributed by atoms with Crippen LogP contribution in [0, 0.1) is 5.92 Å². The molecule has 0 radical (unpaired) electrons. The summed E-state index contributed by atoms with van der Waals surface area (Å²) in [6, 6.07) is 9.43. The lowest BCUT2D eigenvalue weighted by atomic mass is 9.97. The van der Waals surface area contributed by atoms with Crippen LogP contribution in [0.15, 0.2) is 24.3 Å². The van der Waals surface area contributed by atoms with Gasteiger partial charge in [0.15, 0.2) is 0 Å². The van der Waals surface area contributed by atoms with Crippen molar-refractivity contribution in [3.8, 4) is 0 Å². The fraction of sp³-hybridized carbons (Fsp3) is 0.714. The van der Waals surface area contributed by atoms with Gasteiger partial charge in [-0.3, -0.25) is 4.90 Å². The lowest BCUT2D eigenvalue weighted by molar-refractivity contribution is 0.127. The van der Waals surface area contributed by atoms with Crippen molar-refractivity contribution in [2.45, 2.75) is 51.6 Å². The summed E-state index contributed by atoms with van der Waals surface area (Å²) in [5.41, 5.74) is 2.74. The molecule has 1 aromatic carbocycles. The molecule has 4 nitrogen and oxygen atoms in total. The average molecular weight is 346 g/mol. The van der Waals surface area contributed by atoms with Crippen LogP contribution in [0.4, 0.5) is 5.69 Å². The van der Waals surface area contributed by atoms with Crippen molar-refractivity contribution < 1.29 is 5.11 Å². The molecule has 0 atom stereocenters. The molecule has 0 bridgehead atoms. The van der Waals surface area contributed by atoms with Gasteiger partial charge in [0, 0.05) is 38.0 Å². The first-order valence-corrected chi connectivity index (χ1v) is 10.2. The van der Waals surface area contributed by atoms with Crippen LogP contribution in [0.2, 0.25) is 0 Å². The van der Waals surface area contributed by atoms with E-state index in [4.69, 9.17) is 0 Å². The van der Waals surface area contributed by atoms with Gasteiger partial charge in [-0.25, -0.2) is 0 Å². The molecule has 1 aromatic rings. The van der Waals surface area contributed by atoms with Crippen LogP contribution in [0.3, 0.4) is 0 Å². The SMILES string of the molecule is CCCN1CCC(Nc2ccccc2CN2CCC(CO)CC2)CC1. The second-order valence-corrected chi connectivity index (χ2v) is 7.82. The number of rotatable bonds is 7. The summed E-state index contributed by atoms with van der Waals surface area (Å²) in [6.45, 7) is 9.55. The molecule has 25 heavy (non-hydrogen) atoms. The van der Waals surface area contributed by atoms with E-state index in [1.54, 1.807) is 0 Å². The Morgan fingerprint density at radius 1 is 1.00 bits per heavy atom. The lowest BCUT2D eigenvalue weighted by Crippen LogP contribution is -2.39. The first-order valence-electron chi connectivity index (χ1n) is 10.2. The smallest absolute Gasteiger partial charge is 0.0460 e. The highest BCUT2D eigenvalue weighted by molar-refractivity contribution is 5.51. The third-order valence-electron chi connectivity index (χ3n) is 5.86. The van der Waals surface area contributed by atoms with Crippen molar-refractivity contribution in [2.75, 3.05) is 44.6 Å². The van der Waals surface area contributed by atoms with Gasteiger partial charge in [-0.2, -0.15) is 0 Å². The molecule has 2 heterocycles. The van der Waals surface area contributed by atoms with Crippen LogP contribution >= 0.6 is 0 Å². The van der Waals surface area contributed by atoms with Crippen molar-refractivity contribution >= 4 is 5.69 Å². The number of hydrogen-bond acceptors (Lipinski definition) is 4. The minimum absolute atomic E-state index is 0.350. The van der Waals surface area contributed by atoms with Crippen molar-refractivity contribution in [3.05, 3.63) is 29.8 Å². The van der Waals surface area contributed by atoms with Crippen molar-refractivity contribution in [2.24, 2.45) is 5.92 Å². The molecule has 0 aliphatic carbocycles. The minimum Gasteiger partial charge on any atom is -0.396 e. The maximum atomic E-state index is 9.31. The van der Waals surface area contributed by atoms with Crippen LogP contribution in [-0.2, 0) is 6.54 Å². The molecule has 2 aliphatic rings. The van der Waals surface area contributed by atoms with Gasteiger partial charge in [0.2, 0.25) is 0 Å². The average Bonchev–Trinajstić information content (AvgIpc) is 2.66. The largest absolute Gasteiger partial charge is 0.396 e. The van der Waals surface area contributed by atoms with Gasteiger partial charge >= 0.3 is 0 Å². The second kappa shape index (κ2) is 9.56. The molecule has 2 N–H and O–H groups in total. The van der Waals surface area contributed by atoms with Crippen LogP contribution in [0.1, 0.15) is 44.6 Å². The topological polar surface area (TPSA) is 38.7 Å². The van der Waals surface area contributed by atoms with Crippen LogP contribution < -0.4 is 5.32 Å². The Hall–Kier alpha value is -1.10. The Morgan fingerprint density at radius 3 is 2.36 bits per heavy atom.